The van der Waals surface area contributed by atoms with Crippen LogP contribution in [-0.4, -0.2) is 24.3 Å². The molecule has 0 atom stereocenters. The Bertz CT molecular complexity index is 1190. The number of carbonyl (C=O) groups excluding carboxylic acids is 1. The molecule has 0 aliphatic rings. The fourth-order valence-corrected chi connectivity index (χ4v) is 3.58. The molecule has 30 heavy (non-hydrogen) atoms. The third-order valence-electron chi connectivity index (χ3n) is 3.92. The number of aromatic nitrogens is 2. The van der Waals surface area contributed by atoms with Crippen molar-refractivity contribution in [1.29, 1.82) is 0 Å². The summed E-state index contributed by atoms with van der Waals surface area (Å²) in [6, 6.07) is 13.2. The van der Waals surface area contributed by atoms with Gasteiger partial charge in [0, 0.05) is 23.2 Å². The van der Waals surface area contributed by atoms with Gasteiger partial charge in [-0.2, -0.15) is 0 Å². The third-order valence-corrected chi connectivity index (χ3v) is 5.26. The molecule has 2 N–H and O–H groups in total. The maximum absolute atomic E-state index is 13.2. The van der Waals surface area contributed by atoms with Crippen LogP contribution in [0.25, 0.3) is 6.08 Å². The highest BCUT2D eigenvalue weighted by Gasteiger charge is 2.16. The van der Waals surface area contributed by atoms with Gasteiger partial charge in [-0.05, 0) is 68.0 Å². The second kappa shape index (κ2) is 8.83. The maximum Gasteiger partial charge on any atom is 0.264 e. The summed E-state index contributed by atoms with van der Waals surface area (Å²) < 4.78 is 40.5. The molecule has 0 unspecified atom stereocenters. The van der Waals surface area contributed by atoms with E-state index in [1.807, 2.05) is 0 Å². The average Bonchev–Trinajstić information content (AvgIpc) is 2.66. The molecule has 0 saturated heterocycles. The number of anilines is 2. The van der Waals surface area contributed by atoms with Crippen LogP contribution in [0.1, 0.15) is 17.0 Å². The average molecular weight is 426 g/mol. The molecule has 1 heterocycles. The molecule has 3 aromatic rings. The molecule has 0 saturated carbocycles. The number of nitrogens with zero attached hydrogens (tertiary/aromatic N) is 2. The molecular weight excluding hydrogens is 407 g/mol. The van der Waals surface area contributed by atoms with E-state index in [4.69, 9.17) is 0 Å². The fraction of sp³-hybridized carbons (Fsp3) is 0.0952. The normalized spacial score (nSPS) is 11.4. The minimum atomic E-state index is -3.88. The standard InChI is InChI=1S/C21H19FN4O3S/c1-14-12-15(2)24-21(23-14)26-30(28,29)19-9-7-18(8-10-19)25-20(27)11-6-16-4-3-5-17(22)13-16/h3-13H,1-2H3,(H,25,27)(H,23,24,26)/b11-6+. The van der Waals surface area contributed by atoms with Crippen molar-refractivity contribution in [3.05, 3.63) is 83.4 Å². The molecule has 3 rings (SSSR count). The van der Waals surface area contributed by atoms with Crippen LogP contribution >= 0.6 is 0 Å². The first-order chi connectivity index (χ1) is 14.2. The van der Waals surface area contributed by atoms with Crippen LogP contribution in [0.4, 0.5) is 16.0 Å². The number of halogens is 1. The fourth-order valence-electron chi connectivity index (χ4n) is 2.63. The van der Waals surface area contributed by atoms with Crippen molar-refractivity contribution >= 4 is 33.6 Å². The SMILES string of the molecule is Cc1cc(C)nc(NS(=O)(=O)c2ccc(NC(=O)/C=C/c3cccc(F)c3)cc2)n1. The molecule has 0 radical (unpaired) electrons. The van der Waals surface area contributed by atoms with Crippen molar-refractivity contribution in [2.75, 3.05) is 10.0 Å². The van der Waals surface area contributed by atoms with E-state index in [0.717, 1.165) is 0 Å². The number of aryl methyl sites for hydroxylation is 2. The molecule has 0 aliphatic heterocycles. The number of rotatable bonds is 6. The van der Waals surface area contributed by atoms with Gasteiger partial charge in [0.1, 0.15) is 5.82 Å². The molecular formula is C21H19FN4O3S. The van der Waals surface area contributed by atoms with E-state index in [1.54, 1.807) is 32.0 Å². The highest BCUT2D eigenvalue weighted by molar-refractivity contribution is 7.92. The van der Waals surface area contributed by atoms with E-state index < -0.39 is 21.7 Å². The lowest BCUT2D eigenvalue weighted by Gasteiger charge is -2.09. The van der Waals surface area contributed by atoms with Crippen LogP contribution in [-0.2, 0) is 14.8 Å². The number of sulfonamides is 1. The molecule has 1 amide bonds. The molecule has 0 spiro atoms. The van der Waals surface area contributed by atoms with Crippen molar-refractivity contribution < 1.29 is 17.6 Å². The zero-order valence-electron chi connectivity index (χ0n) is 16.3. The number of nitrogens with one attached hydrogen (secondary N) is 2. The summed E-state index contributed by atoms with van der Waals surface area (Å²) in [5.41, 5.74) is 2.24. The largest absolute Gasteiger partial charge is 0.323 e. The van der Waals surface area contributed by atoms with E-state index >= 15 is 0 Å². The Morgan fingerprint density at radius 3 is 2.30 bits per heavy atom. The van der Waals surface area contributed by atoms with Gasteiger partial charge < -0.3 is 5.32 Å². The third kappa shape index (κ3) is 5.71. The smallest absolute Gasteiger partial charge is 0.264 e. The van der Waals surface area contributed by atoms with Crippen LogP contribution in [0.5, 0.6) is 0 Å². The lowest BCUT2D eigenvalue weighted by Crippen LogP contribution is -2.16. The van der Waals surface area contributed by atoms with Gasteiger partial charge in [0.2, 0.25) is 11.9 Å². The Hall–Kier alpha value is -3.59. The summed E-state index contributed by atoms with van der Waals surface area (Å²) in [7, 11) is -3.88. The molecule has 154 valence electrons. The molecule has 0 fully saturated rings. The predicted molar refractivity (Wildman–Crippen MR) is 113 cm³/mol. The zero-order chi connectivity index (χ0) is 21.7. The Labute approximate surface area is 173 Å². The Morgan fingerprint density at radius 1 is 1.00 bits per heavy atom. The molecule has 9 heteroatoms. The van der Waals surface area contributed by atoms with Gasteiger partial charge in [-0.15, -0.1) is 0 Å². The quantitative estimate of drug-likeness (QED) is 0.586. The molecule has 7 nitrogen and oxygen atoms in total. The first-order valence-electron chi connectivity index (χ1n) is 8.91. The van der Waals surface area contributed by atoms with Gasteiger partial charge in [0.05, 0.1) is 4.90 Å². The monoisotopic (exact) mass is 426 g/mol. The Morgan fingerprint density at radius 2 is 1.67 bits per heavy atom. The summed E-state index contributed by atoms with van der Waals surface area (Å²) in [6.45, 7) is 3.49. The van der Waals surface area contributed by atoms with Crippen LogP contribution in [0.3, 0.4) is 0 Å². The summed E-state index contributed by atoms with van der Waals surface area (Å²) in [5.74, 6) is -0.835. The van der Waals surface area contributed by atoms with Gasteiger partial charge in [0.25, 0.3) is 10.0 Å². The summed E-state index contributed by atoms with van der Waals surface area (Å²) in [5, 5.41) is 2.61. The lowest BCUT2D eigenvalue weighted by molar-refractivity contribution is -0.111. The van der Waals surface area contributed by atoms with E-state index in [1.165, 1.54) is 48.6 Å². The van der Waals surface area contributed by atoms with Crippen molar-refractivity contribution in [3.63, 3.8) is 0 Å². The minimum absolute atomic E-state index is 0.00133. The van der Waals surface area contributed by atoms with Gasteiger partial charge in [-0.1, -0.05) is 12.1 Å². The topological polar surface area (TPSA) is 101 Å². The number of amides is 1. The van der Waals surface area contributed by atoms with Gasteiger partial charge in [-0.3, -0.25) is 4.79 Å². The van der Waals surface area contributed by atoms with Crippen molar-refractivity contribution in [2.45, 2.75) is 18.7 Å². The summed E-state index contributed by atoms with van der Waals surface area (Å²) in [4.78, 5) is 20.1. The van der Waals surface area contributed by atoms with Crippen molar-refractivity contribution in [1.82, 2.24) is 9.97 Å². The highest BCUT2D eigenvalue weighted by atomic mass is 32.2. The first kappa shape index (κ1) is 21.1. The van der Waals surface area contributed by atoms with E-state index in [9.17, 15) is 17.6 Å². The number of hydrogen-bond acceptors (Lipinski definition) is 5. The van der Waals surface area contributed by atoms with Gasteiger partial charge >= 0.3 is 0 Å². The lowest BCUT2D eigenvalue weighted by atomic mass is 10.2. The van der Waals surface area contributed by atoms with E-state index in [-0.39, 0.29) is 10.8 Å². The number of hydrogen-bond donors (Lipinski definition) is 2. The van der Waals surface area contributed by atoms with E-state index in [0.29, 0.717) is 22.6 Å². The van der Waals surface area contributed by atoms with Crippen LogP contribution in [0.2, 0.25) is 0 Å². The van der Waals surface area contributed by atoms with Crippen LogP contribution in [0.15, 0.2) is 65.6 Å². The zero-order valence-corrected chi connectivity index (χ0v) is 17.1. The second-order valence-corrected chi connectivity index (χ2v) is 8.16. The number of carbonyl (C=O) groups is 1. The van der Waals surface area contributed by atoms with Gasteiger partial charge in [-0.25, -0.2) is 27.5 Å². The predicted octanol–water partition coefficient (Wildman–Crippen LogP) is 3.69. The first-order valence-corrected chi connectivity index (χ1v) is 10.4. The van der Waals surface area contributed by atoms with Crippen LogP contribution < -0.4 is 10.0 Å². The van der Waals surface area contributed by atoms with Crippen molar-refractivity contribution in [2.24, 2.45) is 0 Å². The molecule has 2 aromatic carbocycles. The number of benzene rings is 2. The van der Waals surface area contributed by atoms with Crippen LogP contribution in [0, 0.1) is 19.7 Å². The van der Waals surface area contributed by atoms with Crippen molar-refractivity contribution in [3.8, 4) is 0 Å². The highest BCUT2D eigenvalue weighted by Crippen LogP contribution is 2.17. The Balaban J connectivity index is 1.67. The van der Waals surface area contributed by atoms with Gasteiger partial charge in [0.15, 0.2) is 0 Å². The Kier molecular flexibility index (Phi) is 6.22. The molecule has 0 bridgehead atoms. The molecule has 0 aliphatic carbocycles. The summed E-state index contributed by atoms with van der Waals surface area (Å²) in [6.07, 6.45) is 2.74. The van der Waals surface area contributed by atoms with E-state index in [2.05, 4.69) is 20.0 Å². The minimum Gasteiger partial charge on any atom is -0.323 e. The second-order valence-electron chi connectivity index (χ2n) is 6.48. The molecule has 1 aromatic heterocycles. The summed E-state index contributed by atoms with van der Waals surface area (Å²) >= 11 is 0. The maximum atomic E-state index is 13.2.